The molecule has 1 aliphatic carbocycles. The molecule has 0 spiro atoms. The van der Waals surface area contributed by atoms with E-state index >= 15 is 0 Å². The molecule has 1 aromatic heterocycles. The van der Waals surface area contributed by atoms with Gasteiger partial charge in [-0.25, -0.2) is 9.97 Å². The zero-order chi connectivity index (χ0) is 19.7. The van der Waals surface area contributed by atoms with Crippen molar-refractivity contribution >= 4 is 11.6 Å². The van der Waals surface area contributed by atoms with Crippen LogP contribution in [0.3, 0.4) is 0 Å². The lowest BCUT2D eigenvalue weighted by molar-refractivity contribution is 0.0785. The van der Waals surface area contributed by atoms with Crippen LogP contribution in [0.15, 0.2) is 24.3 Å². The summed E-state index contributed by atoms with van der Waals surface area (Å²) < 4.78 is 0. The van der Waals surface area contributed by atoms with Crippen molar-refractivity contribution in [3.05, 3.63) is 46.8 Å². The molecule has 6 nitrogen and oxygen atoms in total. The quantitative estimate of drug-likeness (QED) is 0.639. The molecule has 1 saturated carbocycles. The summed E-state index contributed by atoms with van der Waals surface area (Å²) in [4.78, 5) is 11.9. The number of nitrogens with zero attached hydrogens (tertiary/aromatic N) is 3. The van der Waals surface area contributed by atoms with Crippen molar-refractivity contribution in [2.75, 3.05) is 29.9 Å². The molecule has 150 valence electrons. The molecule has 0 radical (unpaired) electrons. The molecule has 2 heterocycles. The zero-order valence-electron chi connectivity index (χ0n) is 16.8. The summed E-state index contributed by atoms with van der Waals surface area (Å²) in [5.74, 6) is 3.25. The lowest BCUT2D eigenvalue weighted by Crippen LogP contribution is -2.32. The van der Waals surface area contributed by atoms with Crippen molar-refractivity contribution in [2.45, 2.75) is 57.6 Å². The minimum atomic E-state index is -0.812. The lowest BCUT2D eigenvalue weighted by atomic mass is 9.91. The second kappa shape index (κ2) is 7.68. The van der Waals surface area contributed by atoms with E-state index in [1.54, 1.807) is 0 Å². The van der Waals surface area contributed by atoms with E-state index in [2.05, 4.69) is 27.3 Å². The van der Waals surface area contributed by atoms with Crippen molar-refractivity contribution in [1.29, 1.82) is 0 Å². The Hall–Kier alpha value is -2.18. The highest BCUT2D eigenvalue weighted by Gasteiger charge is 2.29. The molecule has 28 heavy (non-hydrogen) atoms. The van der Waals surface area contributed by atoms with Gasteiger partial charge in [0, 0.05) is 38.2 Å². The summed E-state index contributed by atoms with van der Waals surface area (Å²) in [5, 5.41) is 22.6. The fourth-order valence-electron chi connectivity index (χ4n) is 3.65. The van der Waals surface area contributed by atoms with Gasteiger partial charge >= 0.3 is 0 Å². The van der Waals surface area contributed by atoms with Crippen LogP contribution in [0, 0.1) is 0 Å². The van der Waals surface area contributed by atoms with E-state index in [0.717, 1.165) is 42.5 Å². The number of benzene rings is 1. The molecule has 2 aliphatic rings. The molecule has 0 saturated heterocycles. The number of aromatic nitrogens is 2. The molecule has 2 aromatic rings. The minimum absolute atomic E-state index is 0.177. The molecular weight excluding hydrogens is 352 g/mol. The minimum Gasteiger partial charge on any atom is -0.396 e. The van der Waals surface area contributed by atoms with Gasteiger partial charge in [0.2, 0.25) is 0 Å². The Morgan fingerprint density at radius 3 is 2.71 bits per heavy atom. The highest BCUT2D eigenvalue weighted by Crippen LogP contribution is 2.39. The van der Waals surface area contributed by atoms with Gasteiger partial charge in [-0.3, -0.25) is 0 Å². The van der Waals surface area contributed by atoms with Crippen molar-refractivity contribution in [1.82, 2.24) is 9.97 Å². The van der Waals surface area contributed by atoms with E-state index in [4.69, 9.17) is 10.1 Å². The molecular formula is C22H30N4O2. The SMILES string of the molecule is CC(C)(O)c1ccc2c(c1)CCN(c1cc(NCCCO)nc(C3CC3)n1)C2. The first-order valence-corrected chi connectivity index (χ1v) is 10.3. The van der Waals surface area contributed by atoms with Gasteiger partial charge in [-0.1, -0.05) is 18.2 Å². The number of aliphatic hydroxyl groups is 2. The Bertz CT molecular complexity index is 843. The zero-order valence-corrected chi connectivity index (χ0v) is 16.8. The van der Waals surface area contributed by atoms with E-state index in [1.165, 1.54) is 24.0 Å². The summed E-state index contributed by atoms with van der Waals surface area (Å²) in [6.07, 6.45) is 3.98. The molecule has 1 aromatic carbocycles. The van der Waals surface area contributed by atoms with E-state index < -0.39 is 5.60 Å². The molecule has 0 unspecified atom stereocenters. The van der Waals surface area contributed by atoms with Gasteiger partial charge in [-0.15, -0.1) is 0 Å². The molecule has 1 fully saturated rings. The van der Waals surface area contributed by atoms with Gasteiger partial charge in [0.1, 0.15) is 17.5 Å². The summed E-state index contributed by atoms with van der Waals surface area (Å²) in [6.45, 7) is 6.26. The number of hydrogen-bond acceptors (Lipinski definition) is 6. The van der Waals surface area contributed by atoms with Crippen molar-refractivity contribution in [3.63, 3.8) is 0 Å². The molecule has 0 amide bonds. The average Bonchev–Trinajstić information content (AvgIpc) is 3.52. The van der Waals surface area contributed by atoms with Gasteiger partial charge in [0.15, 0.2) is 0 Å². The number of anilines is 2. The van der Waals surface area contributed by atoms with E-state index in [9.17, 15) is 5.11 Å². The maximum atomic E-state index is 10.3. The highest BCUT2D eigenvalue weighted by atomic mass is 16.3. The molecule has 1 aliphatic heterocycles. The van der Waals surface area contributed by atoms with Crippen LogP contribution in [0.2, 0.25) is 0 Å². The summed E-state index contributed by atoms with van der Waals surface area (Å²) in [6, 6.07) is 8.33. The molecule has 0 bridgehead atoms. The first-order valence-electron chi connectivity index (χ1n) is 10.3. The lowest BCUT2D eigenvalue weighted by Gasteiger charge is -2.31. The predicted octanol–water partition coefficient (Wildman–Crippen LogP) is 2.94. The van der Waals surface area contributed by atoms with Gasteiger partial charge in [-0.2, -0.15) is 0 Å². The number of aliphatic hydroxyl groups excluding tert-OH is 1. The smallest absolute Gasteiger partial charge is 0.136 e. The Morgan fingerprint density at radius 2 is 2.00 bits per heavy atom. The van der Waals surface area contributed by atoms with Crippen LogP contribution in [0.25, 0.3) is 0 Å². The van der Waals surface area contributed by atoms with Gasteiger partial charge in [-0.05, 0) is 56.2 Å². The van der Waals surface area contributed by atoms with E-state index in [1.807, 2.05) is 26.0 Å². The van der Waals surface area contributed by atoms with Crippen LogP contribution in [-0.2, 0) is 18.6 Å². The van der Waals surface area contributed by atoms with Crippen molar-refractivity contribution in [2.24, 2.45) is 0 Å². The topological polar surface area (TPSA) is 81.5 Å². The van der Waals surface area contributed by atoms with Gasteiger partial charge < -0.3 is 20.4 Å². The van der Waals surface area contributed by atoms with Gasteiger partial charge in [0.05, 0.1) is 5.60 Å². The predicted molar refractivity (Wildman–Crippen MR) is 111 cm³/mol. The maximum Gasteiger partial charge on any atom is 0.136 e. The molecule has 0 atom stereocenters. The van der Waals surface area contributed by atoms with Crippen LogP contribution in [0.1, 0.15) is 61.5 Å². The average molecular weight is 383 g/mol. The Kier molecular flexibility index (Phi) is 5.25. The van der Waals surface area contributed by atoms with Crippen LogP contribution < -0.4 is 10.2 Å². The largest absolute Gasteiger partial charge is 0.396 e. The van der Waals surface area contributed by atoms with E-state index in [0.29, 0.717) is 18.9 Å². The fraction of sp³-hybridized carbons (Fsp3) is 0.545. The Morgan fingerprint density at radius 1 is 1.18 bits per heavy atom. The molecule has 4 rings (SSSR count). The van der Waals surface area contributed by atoms with Crippen LogP contribution >= 0.6 is 0 Å². The Labute approximate surface area is 166 Å². The number of nitrogens with one attached hydrogen (secondary N) is 1. The van der Waals surface area contributed by atoms with Gasteiger partial charge in [0.25, 0.3) is 0 Å². The molecule has 6 heteroatoms. The highest BCUT2D eigenvalue weighted by molar-refractivity contribution is 5.52. The third-order valence-corrected chi connectivity index (χ3v) is 5.56. The first kappa shape index (κ1) is 19.2. The number of hydrogen-bond donors (Lipinski definition) is 3. The van der Waals surface area contributed by atoms with Crippen LogP contribution in [0.4, 0.5) is 11.6 Å². The molecule has 3 N–H and O–H groups in total. The monoisotopic (exact) mass is 382 g/mol. The second-order valence-electron chi connectivity index (χ2n) is 8.46. The third kappa shape index (κ3) is 4.28. The van der Waals surface area contributed by atoms with Crippen LogP contribution in [-0.4, -0.2) is 39.9 Å². The standard InChI is InChI=1S/C22H30N4O2/c1-22(2,28)18-7-6-17-14-26(10-8-16(17)12-18)20-13-19(23-9-3-11-27)24-21(25-20)15-4-5-15/h6-7,12-13,15,27-28H,3-5,8-11,14H2,1-2H3,(H,23,24,25). The second-order valence-corrected chi connectivity index (χ2v) is 8.46. The van der Waals surface area contributed by atoms with Crippen LogP contribution in [0.5, 0.6) is 0 Å². The van der Waals surface area contributed by atoms with Crippen molar-refractivity contribution < 1.29 is 10.2 Å². The summed E-state index contributed by atoms with van der Waals surface area (Å²) >= 11 is 0. The Balaban J connectivity index is 1.56. The normalized spacial score (nSPS) is 16.8. The summed E-state index contributed by atoms with van der Waals surface area (Å²) in [5.41, 5.74) is 2.76. The van der Waals surface area contributed by atoms with E-state index in [-0.39, 0.29) is 6.61 Å². The number of rotatable bonds is 7. The third-order valence-electron chi connectivity index (χ3n) is 5.56. The first-order chi connectivity index (χ1) is 13.4. The summed E-state index contributed by atoms with van der Waals surface area (Å²) in [7, 11) is 0. The fourth-order valence-corrected chi connectivity index (χ4v) is 3.65. The maximum absolute atomic E-state index is 10.3. The van der Waals surface area contributed by atoms with Crippen molar-refractivity contribution in [3.8, 4) is 0 Å². The number of fused-ring (bicyclic) bond motifs is 1.